The van der Waals surface area contributed by atoms with E-state index in [1.54, 1.807) is 7.11 Å². The maximum absolute atomic E-state index is 9.94. The molecule has 0 spiro atoms. The van der Waals surface area contributed by atoms with Crippen LogP contribution in [0.2, 0.25) is 0 Å². The van der Waals surface area contributed by atoms with E-state index in [9.17, 15) is 5.11 Å². The minimum atomic E-state index is 0.214. The molecule has 116 valence electrons. The molecule has 0 radical (unpaired) electrons. The maximum Gasteiger partial charge on any atom is 0.160 e. The first-order valence-electron chi connectivity index (χ1n) is 7.84. The fourth-order valence-electron chi connectivity index (χ4n) is 3.34. The highest BCUT2D eigenvalue weighted by molar-refractivity contribution is 5.41. The van der Waals surface area contributed by atoms with Crippen LogP contribution >= 0.6 is 0 Å². The Bertz CT molecular complexity index is 654. The molecule has 1 heterocycles. The fourth-order valence-corrected chi connectivity index (χ4v) is 3.34. The second-order valence-electron chi connectivity index (χ2n) is 6.05. The number of hydrogen-bond acceptors (Lipinski definition) is 3. The number of aromatic hydroxyl groups is 1. The van der Waals surface area contributed by atoms with Crippen LogP contribution in [0.25, 0.3) is 0 Å². The largest absolute Gasteiger partial charge is 0.504 e. The number of aryl methyl sites for hydroxylation is 1. The summed E-state index contributed by atoms with van der Waals surface area (Å²) >= 11 is 0. The summed E-state index contributed by atoms with van der Waals surface area (Å²) in [6.45, 7) is 4.10. The topological polar surface area (TPSA) is 32.7 Å². The average Bonchev–Trinajstić information content (AvgIpc) is 2.95. The number of likely N-dealkylation sites (tertiary alicyclic amines) is 1. The Kier molecular flexibility index (Phi) is 4.34. The maximum atomic E-state index is 9.94. The molecule has 0 aliphatic carbocycles. The van der Waals surface area contributed by atoms with Crippen molar-refractivity contribution in [1.29, 1.82) is 0 Å². The molecule has 2 aromatic carbocycles. The highest BCUT2D eigenvalue weighted by Crippen LogP contribution is 2.34. The second kappa shape index (κ2) is 6.41. The summed E-state index contributed by atoms with van der Waals surface area (Å²) in [5, 5.41) is 9.94. The first kappa shape index (κ1) is 14.9. The van der Waals surface area contributed by atoms with Crippen molar-refractivity contribution < 1.29 is 9.84 Å². The SMILES string of the molecule is COc1ccc(CN2CCC[C@@H]2c2cccc(C)c2)cc1O. The van der Waals surface area contributed by atoms with Crippen molar-refractivity contribution in [2.45, 2.75) is 32.4 Å². The number of phenols is 1. The van der Waals surface area contributed by atoms with Gasteiger partial charge in [-0.1, -0.05) is 35.9 Å². The van der Waals surface area contributed by atoms with Gasteiger partial charge < -0.3 is 9.84 Å². The Morgan fingerprint density at radius 3 is 2.82 bits per heavy atom. The van der Waals surface area contributed by atoms with Crippen LogP contribution in [0.4, 0.5) is 0 Å². The van der Waals surface area contributed by atoms with Crippen molar-refractivity contribution in [3.63, 3.8) is 0 Å². The number of ether oxygens (including phenoxy) is 1. The summed E-state index contributed by atoms with van der Waals surface area (Å²) in [6.07, 6.45) is 2.42. The number of methoxy groups -OCH3 is 1. The molecule has 0 bridgehead atoms. The minimum absolute atomic E-state index is 0.214. The summed E-state index contributed by atoms with van der Waals surface area (Å²) in [7, 11) is 1.57. The van der Waals surface area contributed by atoms with Crippen molar-refractivity contribution in [2.24, 2.45) is 0 Å². The summed E-state index contributed by atoms with van der Waals surface area (Å²) in [5.74, 6) is 0.742. The van der Waals surface area contributed by atoms with Crippen LogP contribution in [-0.4, -0.2) is 23.7 Å². The van der Waals surface area contributed by atoms with Crippen molar-refractivity contribution in [3.05, 3.63) is 59.2 Å². The number of rotatable bonds is 4. The smallest absolute Gasteiger partial charge is 0.160 e. The molecule has 1 fully saturated rings. The predicted molar refractivity (Wildman–Crippen MR) is 88.2 cm³/mol. The normalized spacial score (nSPS) is 18.5. The van der Waals surface area contributed by atoms with Gasteiger partial charge in [0.1, 0.15) is 0 Å². The molecule has 1 saturated heterocycles. The van der Waals surface area contributed by atoms with E-state index in [1.165, 1.54) is 24.0 Å². The van der Waals surface area contributed by atoms with Crippen LogP contribution in [0.5, 0.6) is 11.5 Å². The first-order chi connectivity index (χ1) is 10.7. The first-order valence-corrected chi connectivity index (χ1v) is 7.84. The lowest BCUT2D eigenvalue weighted by molar-refractivity contribution is 0.248. The van der Waals surface area contributed by atoms with Gasteiger partial charge in [0.25, 0.3) is 0 Å². The third-order valence-corrected chi connectivity index (χ3v) is 4.42. The molecule has 22 heavy (non-hydrogen) atoms. The van der Waals surface area contributed by atoms with E-state index in [1.807, 2.05) is 18.2 Å². The van der Waals surface area contributed by atoms with E-state index in [4.69, 9.17) is 4.74 Å². The van der Waals surface area contributed by atoms with Gasteiger partial charge in [-0.25, -0.2) is 0 Å². The number of hydrogen-bond donors (Lipinski definition) is 1. The monoisotopic (exact) mass is 297 g/mol. The zero-order chi connectivity index (χ0) is 15.5. The highest BCUT2D eigenvalue weighted by atomic mass is 16.5. The van der Waals surface area contributed by atoms with Crippen molar-refractivity contribution >= 4 is 0 Å². The van der Waals surface area contributed by atoms with Gasteiger partial charge >= 0.3 is 0 Å². The number of phenolic OH excluding ortho intramolecular Hbond substituents is 1. The Hall–Kier alpha value is -2.00. The Balaban J connectivity index is 1.78. The van der Waals surface area contributed by atoms with Gasteiger partial charge in [0.15, 0.2) is 11.5 Å². The molecular formula is C19H23NO2. The molecule has 0 aromatic heterocycles. The van der Waals surface area contributed by atoms with E-state index in [0.29, 0.717) is 11.8 Å². The lowest BCUT2D eigenvalue weighted by Gasteiger charge is -2.25. The van der Waals surface area contributed by atoms with Gasteiger partial charge in [-0.15, -0.1) is 0 Å². The highest BCUT2D eigenvalue weighted by Gasteiger charge is 2.26. The van der Waals surface area contributed by atoms with Crippen LogP contribution in [0.3, 0.4) is 0 Å². The van der Waals surface area contributed by atoms with Gasteiger partial charge in [-0.2, -0.15) is 0 Å². The molecule has 0 unspecified atom stereocenters. The molecule has 1 aliphatic heterocycles. The van der Waals surface area contributed by atoms with E-state index in [0.717, 1.165) is 18.7 Å². The van der Waals surface area contributed by atoms with Gasteiger partial charge in [0.05, 0.1) is 7.11 Å². The Morgan fingerprint density at radius 1 is 1.23 bits per heavy atom. The zero-order valence-corrected chi connectivity index (χ0v) is 13.2. The summed E-state index contributed by atoms with van der Waals surface area (Å²) in [6, 6.07) is 14.9. The lowest BCUT2D eigenvalue weighted by Crippen LogP contribution is -2.22. The molecule has 1 N–H and O–H groups in total. The Morgan fingerprint density at radius 2 is 2.09 bits per heavy atom. The molecule has 1 atom stereocenters. The molecule has 0 amide bonds. The predicted octanol–water partition coefficient (Wildman–Crippen LogP) is 4.05. The summed E-state index contributed by atoms with van der Waals surface area (Å²) in [4.78, 5) is 2.50. The van der Waals surface area contributed by atoms with E-state index in [2.05, 4.69) is 36.1 Å². The summed E-state index contributed by atoms with van der Waals surface area (Å²) in [5.41, 5.74) is 3.83. The minimum Gasteiger partial charge on any atom is -0.504 e. The van der Waals surface area contributed by atoms with Crippen molar-refractivity contribution in [1.82, 2.24) is 4.90 Å². The Labute approximate surface area is 132 Å². The molecule has 3 rings (SSSR count). The third kappa shape index (κ3) is 3.09. The van der Waals surface area contributed by atoms with Crippen LogP contribution in [0.15, 0.2) is 42.5 Å². The van der Waals surface area contributed by atoms with E-state index < -0.39 is 0 Å². The van der Waals surface area contributed by atoms with Crippen LogP contribution in [0.1, 0.15) is 35.6 Å². The van der Waals surface area contributed by atoms with E-state index >= 15 is 0 Å². The second-order valence-corrected chi connectivity index (χ2v) is 6.05. The fraction of sp³-hybridized carbons (Fsp3) is 0.368. The molecule has 1 aliphatic rings. The van der Waals surface area contributed by atoms with Crippen molar-refractivity contribution in [2.75, 3.05) is 13.7 Å². The third-order valence-electron chi connectivity index (χ3n) is 4.42. The molecule has 3 nitrogen and oxygen atoms in total. The van der Waals surface area contributed by atoms with Gasteiger partial charge in [0, 0.05) is 12.6 Å². The van der Waals surface area contributed by atoms with Crippen molar-refractivity contribution in [3.8, 4) is 11.5 Å². The van der Waals surface area contributed by atoms with Crippen LogP contribution in [-0.2, 0) is 6.54 Å². The quantitative estimate of drug-likeness (QED) is 0.924. The summed E-state index contributed by atoms with van der Waals surface area (Å²) < 4.78 is 5.11. The number of nitrogens with zero attached hydrogens (tertiary/aromatic N) is 1. The van der Waals surface area contributed by atoms with Gasteiger partial charge in [-0.05, 0) is 49.6 Å². The van der Waals surface area contributed by atoms with E-state index in [-0.39, 0.29) is 5.75 Å². The molecule has 2 aromatic rings. The lowest BCUT2D eigenvalue weighted by atomic mass is 10.0. The zero-order valence-electron chi connectivity index (χ0n) is 13.2. The molecular weight excluding hydrogens is 274 g/mol. The standard InChI is InChI=1S/C19H23NO2/c1-14-5-3-6-16(11-14)17-7-4-10-20(17)13-15-8-9-19(22-2)18(21)12-15/h3,5-6,8-9,11-12,17,21H,4,7,10,13H2,1-2H3/t17-/m1/s1. The molecule has 0 saturated carbocycles. The van der Waals surface area contributed by atoms with Crippen LogP contribution < -0.4 is 4.74 Å². The van der Waals surface area contributed by atoms with Gasteiger partial charge in [0.2, 0.25) is 0 Å². The average molecular weight is 297 g/mol. The van der Waals surface area contributed by atoms with Crippen LogP contribution in [0, 0.1) is 6.92 Å². The van der Waals surface area contributed by atoms with Gasteiger partial charge in [-0.3, -0.25) is 4.90 Å². The molecule has 3 heteroatoms. The number of benzene rings is 2.